The molecule has 4 atom stereocenters. The fraction of sp³-hybridized carbons (Fsp3) is 0.385. The summed E-state index contributed by atoms with van der Waals surface area (Å²) < 4.78 is 19.0. The number of nitrogens with one attached hydrogen (secondary N) is 1. The highest BCUT2D eigenvalue weighted by Crippen LogP contribution is 2.34. The molecule has 0 amide bonds. The fourth-order valence-corrected chi connectivity index (χ4v) is 2.72. The monoisotopic (exact) mass is 312 g/mol. The first-order chi connectivity index (χ1) is 10.0. The van der Waals surface area contributed by atoms with Gasteiger partial charge in [0.15, 0.2) is 0 Å². The Balaban J connectivity index is 2.08. The molecule has 112 valence electrons. The van der Waals surface area contributed by atoms with Crippen molar-refractivity contribution in [2.75, 3.05) is 6.61 Å². The Morgan fingerprint density at radius 3 is 2.76 bits per heavy atom. The third kappa shape index (κ3) is 2.45. The molecule has 0 aromatic carbocycles. The molecule has 4 N–H and O–H groups in total. The molecule has 1 aliphatic heterocycles. The summed E-state index contributed by atoms with van der Waals surface area (Å²) in [4.78, 5) is 6.72. The van der Waals surface area contributed by atoms with Crippen molar-refractivity contribution in [3.05, 3.63) is 34.4 Å². The number of hydrogen-bond acceptors (Lipinski definition) is 6. The molecule has 0 bridgehead atoms. The third-order valence-electron chi connectivity index (χ3n) is 3.54. The Kier molecular flexibility index (Phi) is 3.72. The van der Waals surface area contributed by atoms with Crippen molar-refractivity contribution in [3.8, 4) is 0 Å². The van der Waals surface area contributed by atoms with E-state index >= 15 is 0 Å². The van der Waals surface area contributed by atoms with Crippen LogP contribution in [0.25, 0.3) is 11.0 Å². The smallest absolute Gasteiger partial charge is 0.142 e. The van der Waals surface area contributed by atoms with E-state index in [9.17, 15) is 14.6 Å². The molecule has 2 aromatic rings. The summed E-state index contributed by atoms with van der Waals surface area (Å²) >= 11 is 5.19. The van der Waals surface area contributed by atoms with E-state index < -0.39 is 36.8 Å². The predicted octanol–water partition coefficient (Wildman–Crippen LogP) is 0.585. The lowest BCUT2D eigenvalue weighted by Gasteiger charge is -2.15. The lowest BCUT2D eigenvalue weighted by molar-refractivity contribution is -0.0229. The second kappa shape index (κ2) is 5.39. The molecule has 2 aromatic heterocycles. The largest absolute Gasteiger partial charge is 0.394 e. The zero-order chi connectivity index (χ0) is 15.1. The normalized spacial score (nSPS) is 29.1. The zero-order valence-corrected chi connectivity index (χ0v) is 11.5. The minimum atomic E-state index is -1.23. The number of aliphatic hydroxyl groups is 3. The molecular formula is C13H13FN2O4S. The average molecular weight is 312 g/mol. The average Bonchev–Trinajstić information content (AvgIpc) is 2.75. The summed E-state index contributed by atoms with van der Waals surface area (Å²) in [6.07, 6.45) is -3.15. The van der Waals surface area contributed by atoms with E-state index in [-0.39, 0.29) is 4.64 Å². The number of pyridine rings is 2. The molecule has 0 aliphatic carbocycles. The van der Waals surface area contributed by atoms with Gasteiger partial charge in [-0.05, 0) is 12.1 Å². The van der Waals surface area contributed by atoms with Crippen molar-refractivity contribution < 1.29 is 24.4 Å². The van der Waals surface area contributed by atoms with Gasteiger partial charge in [0.05, 0.1) is 12.8 Å². The van der Waals surface area contributed by atoms with E-state index in [2.05, 4.69) is 9.97 Å². The number of nitrogens with zero attached hydrogens (tertiary/aromatic N) is 1. The maximum Gasteiger partial charge on any atom is 0.142 e. The van der Waals surface area contributed by atoms with Gasteiger partial charge in [0.25, 0.3) is 0 Å². The molecule has 21 heavy (non-hydrogen) atoms. The van der Waals surface area contributed by atoms with Gasteiger partial charge >= 0.3 is 0 Å². The van der Waals surface area contributed by atoms with Gasteiger partial charge in [0.1, 0.15) is 40.5 Å². The van der Waals surface area contributed by atoms with Crippen LogP contribution >= 0.6 is 12.2 Å². The number of hydrogen-bond donors (Lipinski definition) is 4. The van der Waals surface area contributed by atoms with Crippen LogP contribution in [0.4, 0.5) is 4.39 Å². The summed E-state index contributed by atoms with van der Waals surface area (Å²) in [5.41, 5.74) is 0.823. The molecule has 1 saturated heterocycles. The Hall–Kier alpha value is -1.45. The van der Waals surface area contributed by atoms with Gasteiger partial charge in [0, 0.05) is 10.9 Å². The first-order valence-electron chi connectivity index (χ1n) is 6.32. The van der Waals surface area contributed by atoms with Gasteiger partial charge in [-0.2, -0.15) is 0 Å². The maximum atomic E-state index is 13.2. The molecule has 1 aliphatic rings. The van der Waals surface area contributed by atoms with Gasteiger partial charge in [0.2, 0.25) is 0 Å². The quantitative estimate of drug-likeness (QED) is 0.606. The molecular weight excluding hydrogens is 299 g/mol. The topological polar surface area (TPSA) is 98.6 Å². The van der Waals surface area contributed by atoms with Gasteiger partial charge in [-0.1, -0.05) is 12.2 Å². The highest BCUT2D eigenvalue weighted by molar-refractivity contribution is 7.71. The Morgan fingerprint density at radius 1 is 1.33 bits per heavy atom. The van der Waals surface area contributed by atoms with Crippen LogP contribution in [0.5, 0.6) is 0 Å². The van der Waals surface area contributed by atoms with Crippen molar-refractivity contribution in [2.24, 2.45) is 0 Å². The van der Waals surface area contributed by atoms with Crippen LogP contribution in [-0.2, 0) is 4.74 Å². The van der Waals surface area contributed by atoms with Crippen LogP contribution < -0.4 is 0 Å². The fourth-order valence-electron chi connectivity index (χ4n) is 2.45. The molecule has 0 spiro atoms. The van der Waals surface area contributed by atoms with Crippen LogP contribution in [0.3, 0.4) is 0 Å². The van der Waals surface area contributed by atoms with E-state index in [1.807, 2.05) is 0 Å². The summed E-state index contributed by atoms with van der Waals surface area (Å²) in [5.74, 6) is -0.500. The summed E-state index contributed by atoms with van der Waals surface area (Å²) in [6.45, 7) is -0.422. The van der Waals surface area contributed by atoms with Crippen molar-refractivity contribution >= 4 is 23.3 Å². The number of H-pyrrole nitrogens is 1. The number of aromatic nitrogens is 2. The zero-order valence-electron chi connectivity index (χ0n) is 10.7. The summed E-state index contributed by atoms with van der Waals surface area (Å²) in [6, 6.07) is 2.84. The van der Waals surface area contributed by atoms with Crippen LogP contribution in [-0.4, -0.2) is 50.2 Å². The molecule has 3 rings (SSSR count). The number of aliphatic hydroxyl groups excluding tert-OH is 3. The first-order valence-corrected chi connectivity index (χ1v) is 6.73. The molecule has 6 nitrogen and oxygen atoms in total. The van der Waals surface area contributed by atoms with E-state index in [1.54, 1.807) is 6.07 Å². The van der Waals surface area contributed by atoms with Crippen molar-refractivity contribution in [1.29, 1.82) is 0 Å². The second-order valence-corrected chi connectivity index (χ2v) is 5.31. The van der Waals surface area contributed by atoms with E-state index in [0.29, 0.717) is 16.6 Å². The lowest BCUT2D eigenvalue weighted by Crippen LogP contribution is -2.32. The molecule has 2 unspecified atom stereocenters. The first kappa shape index (κ1) is 14.5. The van der Waals surface area contributed by atoms with Crippen LogP contribution in [0.1, 0.15) is 11.7 Å². The van der Waals surface area contributed by atoms with E-state index in [0.717, 1.165) is 6.20 Å². The maximum absolute atomic E-state index is 13.2. The van der Waals surface area contributed by atoms with Crippen LogP contribution in [0.2, 0.25) is 0 Å². The summed E-state index contributed by atoms with van der Waals surface area (Å²) in [5, 5.41) is 29.4. The van der Waals surface area contributed by atoms with Gasteiger partial charge in [-0.3, -0.25) is 0 Å². The summed E-state index contributed by atoms with van der Waals surface area (Å²) in [7, 11) is 0. The lowest BCUT2D eigenvalue weighted by atomic mass is 10.0. The van der Waals surface area contributed by atoms with Crippen molar-refractivity contribution in [1.82, 2.24) is 9.97 Å². The number of rotatable bonds is 2. The van der Waals surface area contributed by atoms with E-state index in [1.165, 1.54) is 6.07 Å². The predicted molar refractivity (Wildman–Crippen MR) is 73.6 cm³/mol. The van der Waals surface area contributed by atoms with Crippen molar-refractivity contribution in [2.45, 2.75) is 24.4 Å². The van der Waals surface area contributed by atoms with Crippen molar-refractivity contribution in [3.63, 3.8) is 0 Å². The van der Waals surface area contributed by atoms with Gasteiger partial charge in [-0.25, -0.2) is 9.37 Å². The minimum Gasteiger partial charge on any atom is -0.394 e. The highest BCUT2D eigenvalue weighted by atomic mass is 32.1. The van der Waals surface area contributed by atoms with Crippen LogP contribution in [0, 0.1) is 10.5 Å². The second-order valence-electron chi connectivity index (χ2n) is 4.90. The number of halogens is 1. The highest BCUT2D eigenvalue weighted by Gasteiger charge is 2.43. The molecule has 8 heteroatoms. The molecule has 0 radical (unpaired) electrons. The Morgan fingerprint density at radius 2 is 2.10 bits per heavy atom. The molecule has 1 fully saturated rings. The number of ether oxygens (including phenoxy) is 1. The number of aromatic amines is 1. The van der Waals surface area contributed by atoms with Gasteiger partial charge < -0.3 is 25.0 Å². The van der Waals surface area contributed by atoms with Gasteiger partial charge in [-0.15, -0.1) is 0 Å². The third-order valence-corrected chi connectivity index (χ3v) is 3.88. The minimum absolute atomic E-state index is 0.274. The number of fused-ring (bicyclic) bond motifs is 1. The van der Waals surface area contributed by atoms with E-state index in [4.69, 9.17) is 22.1 Å². The molecule has 0 saturated carbocycles. The molecule has 3 heterocycles. The Labute approximate surface area is 123 Å². The SMILES string of the molecule is OC[C@H]1O[C@@H](c2cc3cc(F)cnc3[nH]c2=S)C(O)C1O. The standard InChI is InChI=1S/C13H13FN2O4S/c14-6-1-5-2-7(13(21)16-12(5)15-3-6)11-10(19)9(18)8(4-17)20-11/h1-3,8-11,17-19H,4H2,(H,15,16,21)/t8-,9?,10?,11+/m1/s1. The Bertz CT molecular complexity index is 738. The van der Waals surface area contributed by atoms with Crippen LogP contribution in [0.15, 0.2) is 18.3 Å².